The fourth-order valence-electron chi connectivity index (χ4n) is 2.32. The van der Waals surface area contributed by atoms with Crippen molar-refractivity contribution in [2.24, 2.45) is 0 Å². The van der Waals surface area contributed by atoms with E-state index in [0.29, 0.717) is 26.5 Å². The summed E-state index contributed by atoms with van der Waals surface area (Å²) < 4.78 is 27.0. The van der Waals surface area contributed by atoms with Crippen LogP contribution in [-0.2, 0) is 0 Å². The van der Waals surface area contributed by atoms with Crippen LogP contribution in [0.15, 0.2) is 64.2 Å². The van der Waals surface area contributed by atoms with Crippen LogP contribution in [-0.4, -0.2) is 0 Å². The molecule has 0 unspecified atom stereocenters. The van der Waals surface area contributed by atoms with Gasteiger partial charge in [-0.3, -0.25) is 10.4 Å². The highest BCUT2D eigenvalue weighted by Crippen LogP contribution is 2.38. The quantitative estimate of drug-likeness (QED) is 0.668. The summed E-state index contributed by atoms with van der Waals surface area (Å²) in [5.41, 5.74) is 4.21. The molecule has 1 heterocycles. The first-order chi connectivity index (χ1) is 12.5. The Labute approximate surface area is 163 Å². The molecule has 0 aromatic heterocycles. The Balaban J connectivity index is 1.94. The number of hydrogen-bond donors (Lipinski definition) is 1. The topological polar surface area (TPSA) is 39.1 Å². The molecule has 0 radical (unpaired) electrons. The molecule has 1 N–H and O–H groups in total. The minimum atomic E-state index is -0.660. The number of hydrazine groups is 1. The number of halogens is 4. The second kappa shape index (κ2) is 8.00. The van der Waals surface area contributed by atoms with E-state index >= 15 is 0 Å². The number of nitrogens with one attached hydrogen (secondary N) is 1. The summed E-state index contributed by atoms with van der Waals surface area (Å²) in [6.45, 7) is 0. The summed E-state index contributed by atoms with van der Waals surface area (Å²) >= 11 is 13.6. The Morgan fingerprint density at radius 2 is 1.85 bits per heavy atom. The second-order valence-electron chi connectivity index (χ2n) is 5.22. The molecule has 0 aliphatic carbocycles. The lowest BCUT2D eigenvalue weighted by atomic mass is 10.2. The van der Waals surface area contributed by atoms with Crippen LogP contribution in [0.4, 0.5) is 14.5 Å². The van der Waals surface area contributed by atoms with Crippen LogP contribution in [0.5, 0.6) is 0 Å². The van der Waals surface area contributed by atoms with Gasteiger partial charge in [0.15, 0.2) is 0 Å². The molecule has 2 aromatic rings. The van der Waals surface area contributed by atoms with Gasteiger partial charge in [0.05, 0.1) is 38.9 Å². The maximum absolute atomic E-state index is 13.9. The predicted octanol–water partition coefficient (Wildman–Crippen LogP) is 6.03. The third-order valence-electron chi connectivity index (χ3n) is 3.47. The van der Waals surface area contributed by atoms with Gasteiger partial charge < -0.3 is 0 Å². The van der Waals surface area contributed by atoms with Crippen molar-refractivity contribution in [3.63, 3.8) is 0 Å². The molecule has 2 aromatic carbocycles. The van der Waals surface area contributed by atoms with Crippen LogP contribution in [0.2, 0.25) is 10.0 Å². The van der Waals surface area contributed by atoms with Crippen molar-refractivity contribution in [2.75, 3.05) is 5.01 Å². The SMILES string of the molecule is N#CCC1=CC=C(Sc2ccc(F)cc2F)NN1c1c(Cl)cccc1Cl. The second-order valence-corrected chi connectivity index (χ2v) is 7.12. The Morgan fingerprint density at radius 1 is 1.12 bits per heavy atom. The fourth-order valence-corrected chi connectivity index (χ4v) is 3.69. The first kappa shape index (κ1) is 18.6. The molecule has 1 aliphatic heterocycles. The zero-order valence-corrected chi connectivity index (χ0v) is 15.5. The molecule has 0 saturated heterocycles. The minimum Gasteiger partial charge on any atom is -0.287 e. The monoisotopic (exact) mass is 409 g/mol. The molecule has 3 nitrogen and oxygen atoms in total. The summed E-state index contributed by atoms with van der Waals surface area (Å²) in [5.74, 6) is -1.30. The van der Waals surface area contributed by atoms with Crippen molar-refractivity contribution in [2.45, 2.75) is 11.3 Å². The number of para-hydroxylation sites is 1. The predicted molar refractivity (Wildman–Crippen MR) is 101 cm³/mol. The van der Waals surface area contributed by atoms with Gasteiger partial charge >= 0.3 is 0 Å². The maximum Gasteiger partial charge on any atom is 0.140 e. The van der Waals surface area contributed by atoms with Crippen LogP contribution in [0.25, 0.3) is 0 Å². The van der Waals surface area contributed by atoms with Crippen LogP contribution >= 0.6 is 35.0 Å². The highest BCUT2D eigenvalue weighted by Gasteiger charge is 2.22. The van der Waals surface area contributed by atoms with E-state index in [1.54, 1.807) is 35.4 Å². The molecule has 0 spiro atoms. The molecule has 0 amide bonds. The lowest BCUT2D eigenvalue weighted by Crippen LogP contribution is -2.38. The molecular formula is C18H11Cl2F2N3S. The Morgan fingerprint density at radius 3 is 2.50 bits per heavy atom. The highest BCUT2D eigenvalue weighted by molar-refractivity contribution is 8.03. The van der Waals surface area contributed by atoms with E-state index in [9.17, 15) is 8.78 Å². The molecule has 1 aliphatic rings. The molecule has 3 rings (SSSR count). The van der Waals surface area contributed by atoms with Crippen LogP contribution < -0.4 is 10.4 Å². The molecule has 0 saturated carbocycles. The van der Waals surface area contributed by atoms with Crippen molar-refractivity contribution in [3.8, 4) is 6.07 Å². The zero-order valence-electron chi connectivity index (χ0n) is 13.1. The van der Waals surface area contributed by atoms with E-state index in [4.69, 9.17) is 28.5 Å². The molecule has 132 valence electrons. The van der Waals surface area contributed by atoms with Gasteiger partial charge in [-0.15, -0.1) is 0 Å². The molecule has 0 fully saturated rings. The summed E-state index contributed by atoms with van der Waals surface area (Å²) in [6, 6.07) is 10.5. The van der Waals surface area contributed by atoms with E-state index in [1.165, 1.54) is 12.1 Å². The normalized spacial score (nSPS) is 13.6. The number of benzene rings is 2. The van der Waals surface area contributed by atoms with Gasteiger partial charge in [0, 0.05) is 11.0 Å². The number of nitrogens with zero attached hydrogens (tertiary/aromatic N) is 2. The standard InChI is InChI=1S/C18H11Cl2F2N3S/c19-13-2-1-3-14(20)18(13)25-12(8-9-23)5-7-17(24-25)26-16-6-4-11(21)10-15(16)22/h1-7,10,24H,8H2. The number of rotatable bonds is 4. The molecule has 8 heteroatoms. The Hall–Kier alpha value is -2.20. The van der Waals surface area contributed by atoms with E-state index in [-0.39, 0.29) is 11.3 Å². The van der Waals surface area contributed by atoms with Gasteiger partial charge in [-0.2, -0.15) is 5.26 Å². The molecule has 0 bridgehead atoms. The lowest BCUT2D eigenvalue weighted by molar-refractivity contribution is 0.565. The first-order valence-corrected chi connectivity index (χ1v) is 8.98. The van der Waals surface area contributed by atoms with Crippen LogP contribution in [0.3, 0.4) is 0 Å². The minimum absolute atomic E-state index is 0.119. The van der Waals surface area contributed by atoms with Gasteiger partial charge in [0.1, 0.15) is 11.6 Å². The fraction of sp³-hybridized carbons (Fsp3) is 0.0556. The summed E-state index contributed by atoms with van der Waals surface area (Å²) in [7, 11) is 0. The number of allylic oxidation sites excluding steroid dienone is 3. The van der Waals surface area contributed by atoms with Gasteiger partial charge in [0.2, 0.25) is 0 Å². The first-order valence-electron chi connectivity index (χ1n) is 7.41. The smallest absolute Gasteiger partial charge is 0.140 e. The summed E-state index contributed by atoms with van der Waals surface area (Å²) in [5, 5.41) is 12.0. The lowest BCUT2D eigenvalue weighted by Gasteiger charge is -2.32. The average molecular weight is 410 g/mol. The van der Waals surface area contributed by atoms with Gasteiger partial charge in [0.25, 0.3) is 0 Å². The number of thioether (sulfide) groups is 1. The van der Waals surface area contributed by atoms with E-state index in [0.717, 1.165) is 17.8 Å². The van der Waals surface area contributed by atoms with E-state index in [2.05, 4.69) is 11.5 Å². The molecule has 0 atom stereocenters. The number of hydrogen-bond acceptors (Lipinski definition) is 4. The maximum atomic E-state index is 13.9. The number of nitriles is 1. The zero-order chi connectivity index (χ0) is 18.7. The van der Waals surface area contributed by atoms with Crippen molar-refractivity contribution in [3.05, 3.63) is 81.0 Å². The van der Waals surface area contributed by atoms with Crippen molar-refractivity contribution >= 4 is 40.7 Å². The van der Waals surface area contributed by atoms with Gasteiger partial charge in [-0.25, -0.2) is 8.78 Å². The highest BCUT2D eigenvalue weighted by atomic mass is 35.5. The van der Waals surface area contributed by atoms with Crippen LogP contribution in [0, 0.1) is 23.0 Å². The summed E-state index contributed by atoms with van der Waals surface area (Å²) in [4.78, 5) is 0.257. The third kappa shape index (κ3) is 3.96. The Kier molecular flexibility index (Phi) is 5.72. The average Bonchev–Trinajstić information content (AvgIpc) is 2.59. The Bertz CT molecular complexity index is 934. The van der Waals surface area contributed by atoms with Gasteiger partial charge in [-0.1, -0.05) is 41.0 Å². The summed E-state index contributed by atoms with van der Waals surface area (Å²) in [6.07, 6.45) is 3.55. The molecule has 26 heavy (non-hydrogen) atoms. The van der Waals surface area contributed by atoms with Gasteiger partial charge in [-0.05, 0) is 36.4 Å². The van der Waals surface area contributed by atoms with Crippen molar-refractivity contribution < 1.29 is 8.78 Å². The largest absolute Gasteiger partial charge is 0.287 e. The van der Waals surface area contributed by atoms with Crippen molar-refractivity contribution in [1.82, 2.24) is 5.43 Å². The molecular weight excluding hydrogens is 399 g/mol. The van der Waals surface area contributed by atoms with E-state index < -0.39 is 11.6 Å². The van der Waals surface area contributed by atoms with E-state index in [1.807, 2.05) is 0 Å². The van der Waals surface area contributed by atoms with Crippen LogP contribution in [0.1, 0.15) is 6.42 Å². The number of anilines is 1. The third-order valence-corrected chi connectivity index (χ3v) is 5.08. The van der Waals surface area contributed by atoms with Crippen molar-refractivity contribution in [1.29, 1.82) is 5.26 Å².